The monoisotopic (exact) mass is 335 g/mol. The van der Waals surface area contributed by atoms with E-state index in [-0.39, 0.29) is 24.0 Å². The van der Waals surface area contributed by atoms with Crippen LogP contribution in [0.15, 0.2) is 16.8 Å². The molecule has 22 heavy (non-hydrogen) atoms. The molecule has 3 heterocycles. The predicted molar refractivity (Wildman–Crippen MR) is 93.8 cm³/mol. The number of carbonyl (C=O) groups excluding carboxylic acids is 1. The molecule has 1 unspecified atom stereocenters. The number of hydrogen-bond acceptors (Lipinski definition) is 5. The molecule has 2 aromatic heterocycles. The highest BCUT2D eigenvalue weighted by atomic mass is 32.1. The van der Waals surface area contributed by atoms with Gasteiger partial charge in [0.1, 0.15) is 16.1 Å². The van der Waals surface area contributed by atoms with Crippen molar-refractivity contribution in [3.05, 3.63) is 22.5 Å². The molecule has 1 N–H and O–H groups in total. The summed E-state index contributed by atoms with van der Waals surface area (Å²) < 4.78 is 0. The first-order valence-corrected chi connectivity index (χ1v) is 9.34. The number of nitrogens with one attached hydrogen (secondary N) is 1. The van der Waals surface area contributed by atoms with Gasteiger partial charge < -0.3 is 10.2 Å². The minimum Gasteiger partial charge on any atom is -0.352 e. The first kappa shape index (κ1) is 15.5. The van der Waals surface area contributed by atoms with Gasteiger partial charge in [0, 0.05) is 29.4 Å². The largest absolute Gasteiger partial charge is 0.352 e. The molecule has 4 nitrogen and oxygen atoms in total. The van der Waals surface area contributed by atoms with E-state index in [1.54, 1.807) is 22.7 Å². The van der Waals surface area contributed by atoms with Crippen LogP contribution < -0.4 is 10.2 Å². The molecule has 3 rings (SSSR count). The van der Waals surface area contributed by atoms with E-state index in [0.717, 1.165) is 15.7 Å². The average Bonchev–Trinajstić information content (AvgIpc) is 3.11. The van der Waals surface area contributed by atoms with Crippen LogP contribution in [-0.4, -0.2) is 29.0 Å². The minimum atomic E-state index is -0.132. The normalized spacial score (nSPS) is 17.4. The van der Waals surface area contributed by atoms with Gasteiger partial charge in [-0.2, -0.15) is 11.3 Å². The molecule has 0 saturated carbocycles. The van der Waals surface area contributed by atoms with E-state index in [0.29, 0.717) is 6.42 Å². The summed E-state index contributed by atoms with van der Waals surface area (Å²) in [6, 6.07) is 2.41. The summed E-state index contributed by atoms with van der Waals surface area (Å²) in [7, 11) is 0. The van der Waals surface area contributed by atoms with Gasteiger partial charge in [0.25, 0.3) is 0 Å². The molecule has 0 radical (unpaired) electrons. The summed E-state index contributed by atoms with van der Waals surface area (Å²) in [6.45, 7) is 8.26. The third-order valence-electron chi connectivity index (χ3n) is 3.69. The Kier molecular flexibility index (Phi) is 4.23. The fraction of sp³-hybridized carbons (Fsp3) is 0.500. The van der Waals surface area contributed by atoms with Gasteiger partial charge in [-0.05, 0) is 39.1 Å². The number of amides is 1. The molecule has 0 bridgehead atoms. The number of thiophene rings is 1. The van der Waals surface area contributed by atoms with E-state index < -0.39 is 0 Å². The number of hydrogen-bond donors (Lipinski definition) is 1. The van der Waals surface area contributed by atoms with Crippen molar-refractivity contribution in [1.29, 1.82) is 0 Å². The van der Waals surface area contributed by atoms with E-state index in [2.05, 4.69) is 40.9 Å². The topological polar surface area (TPSA) is 45.2 Å². The van der Waals surface area contributed by atoms with E-state index in [9.17, 15) is 4.79 Å². The van der Waals surface area contributed by atoms with Gasteiger partial charge in [-0.15, -0.1) is 0 Å². The van der Waals surface area contributed by atoms with E-state index >= 15 is 0 Å². The number of fused-ring (bicyclic) bond motifs is 1. The zero-order valence-corrected chi connectivity index (χ0v) is 14.9. The Morgan fingerprint density at radius 1 is 1.41 bits per heavy atom. The lowest BCUT2D eigenvalue weighted by Gasteiger charge is -2.30. The Morgan fingerprint density at radius 3 is 2.77 bits per heavy atom. The van der Waals surface area contributed by atoms with Crippen molar-refractivity contribution in [2.24, 2.45) is 0 Å². The van der Waals surface area contributed by atoms with Crippen molar-refractivity contribution in [3.63, 3.8) is 0 Å². The van der Waals surface area contributed by atoms with Crippen LogP contribution in [-0.2, 0) is 11.2 Å². The van der Waals surface area contributed by atoms with Crippen molar-refractivity contribution in [2.45, 2.75) is 52.2 Å². The lowest BCUT2D eigenvalue weighted by molar-refractivity contribution is -0.122. The molecule has 0 aliphatic carbocycles. The lowest BCUT2D eigenvalue weighted by atomic mass is 10.1. The van der Waals surface area contributed by atoms with Gasteiger partial charge in [-0.3, -0.25) is 4.79 Å². The minimum absolute atomic E-state index is 0.103. The van der Waals surface area contributed by atoms with Crippen LogP contribution >= 0.6 is 22.7 Å². The molecule has 6 heteroatoms. The number of carbonyl (C=O) groups is 1. The summed E-state index contributed by atoms with van der Waals surface area (Å²) in [4.78, 5) is 19.5. The third-order valence-corrected chi connectivity index (χ3v) is 5.54. The van der Waals surface area contributed by atoms with Crippen LogP contribution in [0.2, 0.25) is 0 Å². The zero-order valence-electron chi connectivity index (χ0n) is 13.3. The number of thiazole rings is 1. The molecule has 0 fully saturated rings. The molecular weight excluding hydrogens is 314 g/mol. The Labute approximate surface area is 139 Å². The van der Waals surface area contributed by atoms with Crippen molar-refractivity contribution >= 4 is 33.6 Å². The molecule has 1 aliphatic rings. The predicted octanol–water partition coefficient (Wildman–Crippen LogP) is 3.54. The van der Waals surface area contributed by atoms with Crippen LogP contribution in [0.5, 0.6) is 0 Å². The van der Waals surface area contributed by atoms with Crippen LogP contribution in [0, 0.1) is 0 Å². The number of anilines is 1. The third kappa shape index (κ3) is 2.77. The van der Waals surface area contributed by atoms with Gasteiger partial charge in [0.05, 0.1) is 5.69 Å². The van der Waals surface area contributed by atoms with Crippen molar-refractivity contribution in [3.8, 4) is 10.6 Å². The molecule has 0 saturated heterocycles. The van der Waals surface area contributed by atoms with Crippen molar-refractivity contribution in [1.82, 2.24) is 10.3 Å². The second-order valence-corrected chi connectivity index (χ2v) is 7.92. The lowest BCUT2D eigenvalue weighted by Crippen LogP contribution is -2.49. The van der Waals surface area contributed by atoms with Crippen LogP contribution in [0.4, 0.5) is 5.00 Å². The molecule has 0 aromatic carbocycles. The maximum absolute atomic E-state index is 12.5. The zero-order chi connectivity index (χ0) is 15.9. The second-order valence-electron chi connectivity index (χ2n) is 6.17. The van der Waals surface area contributed by atoms with E-state index in [1.165, 1.54) is 5.56 Å². The van der Waals surface area contributed by atoms with Gasteiger partial charge in [0.2, 0.25) is 5.91 Å². The maximum Gasteiger partial charge on any atom is 0.243 e. The number of nitrogens with zero attached hydrogens (tertiary/aromatic N) is 2. The highest BCUT2D eigenvalue weighted by molar-refractivity contribution is 7.19. The van der Waals surface area contributed by atoms with Crippen molar-refractivity contribution in [2.75, 3.05) is 4.90 Å². The quantitative estimate of drug-likeness (QED) is 0.929. The smallest absolute Gasteiger partial charge is 0.243 e. The fourth-order valence-electron chi connectivity index (χ4n) is 2.81. The molecule has 2 aromatic rings. The van der Waals surface area contributed by atoms with E-state index in [1.807, 2.05) is 13.8 Å². The average molecular weight is 335 g/mol. The summed E-state index contributed by atoms with van der Waals surface area (Å²) >= 11 is 3.38. The molecule has 0 spiro atoms. The summed E-state index contributed by atoms with van der Waals surface area (Å²) in [6.07, 6.45) is 0.701. The second kappa shape index (κ2) is 6.01. The Hall–Kier alpha value is -1.40. The van der Waals surface area contributed by atoms with Crippen LogP contribution in [0.3, 0.4) is 0 Å². The molecule has 1 amide bonds. The Balaban J connectivity index is 1.89. The standard InChI is InChI=1S/C16H21N3OS2/c1-9(2)17-14(20)13-7-12-16(19(13)10(3)4)22-15(18-12)11-5-6-21-8-11/h5-6,8-10,13H,7H2,1-4H3,(H,17,20). The van der Waals surface area contributed by atoms with Gasteiger partial charge in [-0.1, -0.05) is 11.3 Å². The Morgan fingerprint density at radius 2 is 2.18 bits per heavy atom. The SMILES string of the molecule is CC(C)NC(=O)C1Cc2nc(-c3ccsc3)sc2N1C(C)C. The number of rotatable bonds is 4. The molecule has 118 valence electrons. The summed E-state index contributed by atoms with van der Waals surface area (Å²) in [5.41, 5.74) is 2.24. The van der Waals surface area contributed by atoms with E-state index in [4.69, 9.17) is 4.98 Å². The van der Waals surface area contributed by atoms with Gasteiger partial charge in [0.15, 0.2) is 0 Å². The Bertz CT molecular complexity index is 661. The highest BCUT2D eigenvalue weighted by Gasteiger charge is 2.39. The molecule has 1 atom stereocenters. The number of aromatic nitrogens is 1. The van der Waals surface area contributed by atoms with Gasteiger partial charge in [-0.25, -0.2) is 4.98 Å². The highest BCUT2D eigenvalue weighted by Crippen LogP contribution is 2.42. The molecule has 1 aliphatic heterocycles. The van der Waals surface area contributed by atoms with Crippen LogP contribution in [0.25, 0.3) is 10.6 Å². The first-order chi connectivity index (χ1) is 10.5. The maximum atomic E-state index is 12.5. The van der Waals surface area contributed by atoms with Crippen LogP contribution in [0.1, 0.15) is 33.4 Å². The molecular formula is C16H21N3OS2. The van der Waals surface area contributed by atoms with Gasteiger partial charge >= 0.3 is 0 Å². The fourth-order valence-corrected chi connectivity index (χ4v) is 4.79. The van der Waals surface area contributed by atoms with Crippen molar-refractivity contribution < 1.29 is 4.79 Å². The summed E-state index contributed by atoms with van der Waals surface area (Å²) in [5, 5.41) is 9.43. The summed E-state index contributed by atoms with van der Waals surface area (Å²) in [5.74, 6) is 0.103. The first-order valence-electron chi connectivity index (χ1n) is 7.58.